The smallest absolute Gasteiger partial charge is 0 e. The topological polar surface area (TPSA) is 0 Å². The molecule has 0 radical (unpaired) electrons. The average molecular weight is 251 g/mol. The van der Waals surface area contributed by atoms with Crippen LogP contribution in [-0.2, 0) is 19.5 Å². The minimum absolute atomic E-state index is 0. The molecule has 0 heterocycles. The fraction of sp³-hybridized carbons (Fsp3) is 1.00. The van der Waals surface area contributed by atoms with Crippen LogP contribution in [0.1, 0.15) is 6.92 Å². The van der Waals surface area contributed by atoms with Crippen LogP contribution in [0.4, 0.5) is 0 Å². The van der Waals surface area contributed by atoms with Crippen molar-refractivity contribution in [1.29, 1.82) is 0 Å². The minimum Gasteiger partial charge on any atom is -0.106 e. The van der Waals surface area contributed by atoms with E-state index in [1.165, 1.54) is 0 Å². The minimum atomic E-state index is 0. The second-order valence-electron chi connectivity index (χ2n) is 2.56. The Morgan fingerprint density at radius 3 is 1.11 bits per heavy atom. The third kappa shape index (κ3) is 5.91. The van der Waals surface area contributed by atoms with E-state index in [0.29, 0.717) is 15.8 Å². The van der Waals surface area contributed by atoms with E-state index in [4.69, 9.17) is 0 Å². The summed E-state index contributed by atoms with van der Waals surface area (Å²) in [5, 5.41) is 1.000. The maximum atomic E-state index is 2.37. The molecule has 0 nitrogen and oxygen atoms in total. The number of hydrogen-bond donors (Lipinski definition) is 0. The molecule has 0 aromatic heterocycles. The molecule has 0 fully saturated rings. The molecule has 0 N–H and O–H groups in total. The standard InChI is InChI=1S/C6H16P2.Ru/c1-6(7(2)3)8(4)5;/h6H,1-5H3;. The summed E-state index contributed by atoms with van der Waals surface area (Å²) in [6.07, 6.45) is 0. The summed E-state index contributed by atoms with van der Waals surface area (Å²) in [5.74, 6) is 0. The van der Waals surface area contributed by atoms with Gasteiger partial charge in [-0.15, -0.1) is 15.8 Å². The zero-order chi connectivity index (χ0) is 6.73. The van der Waals surface area contributed by atoms with Crippen molar-refractivity contribution in [3.05, 3.63) is 0 Å². The fourth-order valence-electron chi connectivity index (χ4n) is 0.462. The van der Waals surface area contributed by atoms with E-state index in [1.807, 2.05) is 0 Å². The Balaban J connectivity index is 0. The van der Waals surface area contributed by atoms with Gasteiger partial charge in [-0.1, -0.05) is 6.92 Å². The summed E-state index contributed by atoms with van der Waals surface area (Å²) >= 11 is 0. The number of rotatable bonds is 2. The van der Waals surface area contributed by atoms with Gasteiger partial charge in [-0.3, -0.25) is 0 Å². The molecule has 0 bridgehead atoms. The van der Waals surface area contributed by atoms with Gasteiger partial charge in [0.15, 0.2) is 0 Å². The zero-order valence-corrected chi connectivity index (χ0v) is 10.4. The van der Waals surface area contributed by atoms with Gasteiger partial charge in [-0.05, 0) is 32.1 Å². The Bertz CT molecular complexity index is 56.1. The van der Waals surface area contributed by atoms with Crippen LogP contribution in [0.15, 0.2) is 0 Å². The van der Waals surface area contributed by atoms with Crippen LogP contribution in [0.25, 0.3) is 0 Å². The average Bonchev–Trinajstić information content (AvgIpc) is 1.64. The zero-order valence-electron chi connectivity index (χ0n) is 6.83. The van der Waals surface area contributed by atoms with Crippen LogP contribution in [0.3, 0.4) is 0 Å². The second kappa shape index (κ2) is 6.21. The summed E-state index contributed by atoms with van der Waals surface area (Å²) in [6.45, 7) is 11.8. The van der Waals surface area contributed by atoms with Gasteiger partial charge in [0.25, 0.3) is 0 Å². The maximum Gasteiger partial charge on any atom is 0 e. The first-order valence-corrected chi connectivity index (χ1v) is 7.49. The van der Waals surface area contributed by atoms with Gasteiger partial charge in [0.1, 0.15) is 0 Å². The summed E-state index contributed by atoms with van der Waals surface area (Å²) < 4.78 is 0. The summed E-state index contributed by atoms with van der Waals surface area (Å²) in [6, 6.07) is 0. The van der Waals surface area contributed by atoms with Crippen LogP contribution in [0, 0.1) is 0 Å². The van der Waals surface area contributed by atoms with E-state index >= 15 is 0 Å². The SMILES string of the molecule is CC(P(C)C)P(C)C.[Ru]. The predicted octanol–water partition coefficient (Wildman–Crippen LogP) is 2.81. The molecule has 0 unspecified atom stereocenters. The molecule has 3 heteroatoms. The fourth-order valence-corrected chi connectivity index (χ4v) is 4.16. The molecule has 0 amide bonds. The van der Waals surface area contributed by atoms with Crippen molar-refractivity contribution in [1.82, 2.24) is 0 Å². The Labute approximate surface area is 74.4 Å². The number of hydrogen-bond acceptors (Lipinski definition) is 0. The van der Waals surface area contributed by atoms with Gasteiger partial charge >= 0.3 is 0 Å². The molecule has 0 atom stereocenters. The normalized spacial score (nSPS) is 10.7. The van der Waals surface area contributed by atoms with Crippen molar-refractivity contribution in [2.24, 2.45) is 0 Å². The molecule has 0 saturated heterocycles. The van der Waals surface area contributed by atoms with Gasteiger partial charge in [0, 0.05) is 19.5 Å². The molecule has 58 valence electrons. The van der Waals surface area contributed by atoms with E-state index < -0.39 is 0 Å². The van der Waals surface area contributed by atoms with Gasteiger partial charge in [0.2, 0.25) is 0 Å². The third-order valence-corrected chi connectivity index (χ3v) is 7.26. The summed E-state index contributed by atoms with van der Waals surface area (Å²) in [4.78, 5) is 0. The molecule has 0 spiro atoms. The molecule has 0 aromatic carbocycles. The van der Waals surface area contributed by atoms with Gasteiger partial charge in [-0.2, -0.15) is 0 Å². The second-order valence-corrected chi connectivity index (χ2v) is 8.37. The molecule has 0 aromatic rings. The Kier molecular flexibility index (Phi) is 9.04. The predicted molar refractivity (Wildman–Crippen MR) is 47.0 cm³/mol. The monoisotopic (exact) mass is 252 g/mol. The van der Waals surface area contributed by atoms with Crippen LogP contribution in [0.5, 0.6) is 0 Å². The summed E-state index contributed by atoms with van der Waals surface area (Å²) in [7, 11) is 0.655. The summed E-state index contributed by atoms with van der Waals surface area (Å²) in [5.41, 5.74) is 0. The van der Waals surface area contributed by atoms with E-state index in [0.717, 1.165) is 5.40 Å². The molecule has 9 heavy (non-hydrogen) atoms. The van der Waals surface area contributed by atoms with E-state index in [2.05, 4.69) is 33.6 Å². The van der Waals surface area contributed by atoms with Gasteiger partial charge < -0.3 is 0 Å². The van der Waals surface area contributed by atoms with Gasteiger partial charge in [-0.25, -0.2) is 0 Å². The Morgan fingerprint density at radius 1 is 0.889 bits per heavy atom. The molecular weight excluding hydrogens is 235 g/mol. The van der Waals surface area contributed by atoms with Crippen molar-refractivity contribution >= 4 is 15.8 Å². The van der Waals surface area contributed by atoms with Crippen LogP contribution in [0.2, 0.25) is 0 Å². The van der Waals surface area contributed by atoms with Crippen LogP contribution < -0.4 is 0 Å². The van der Waals surface area contributed by atoms with Crippen molar-refractivity contribution in [2.75, 3.05) is 26.7 Å². The molecule has 0 aliphatic rings. The first-order chi connectivity index (χ1) is 3.55. The molecule has 0 aliphatic carbocycles. The first-order valence-electron chi connectivity index (χ1n) is 2.88. The van der Waals surface area contributed by atoms with Crippen molar-refractivity contribution in [2.45, 2.75) is 12.3 Å². The largest absolute Gasteiger partial charge is 0.106 e. The van der Waals surface area contributed by atoms with Crippen LogP contribution in [-0.4, -0.2) is 32.1 Å². The molecule has 0 saturated carbocycles. The van der Waals surface area contributed by atoms with Crippen molar-refractivity contribution in [3.63, 3.8) is 0 Å². The molecule has 0 rings (SSSR count). The van der Waals surface area contributed by atoms with Crippen molar-refractivity contribution < 1.29 is 19.5 Å². The van der Waals surface area contributed by atoms with Crippen molar-refractivity contribution in [3.8, 4) is 0 Å². The van der Waals surface area contributed by atoms with E-state index in [1.54, 1.807) is 0 Å². The first kappa shape index (κ1) is 13.1. The molecule has 0 aliphatic heterocycles. The van der Waals surface area contributed by atoms with Gasteiger partial charge in [0.05, 0.1) is 0 Å². The van der Waals surface area contributed by atoms with E-state index in [-0.39, 0.29) is 19.5 Å². The Hall–Kier alpha value is 1.48. The Morgan fingerprint density at radius 2 is 1.11 bits per heavy atom. The van der Waals surface area contributed by atoms with E-state index in [9.17, 15) is 0 Å². The maximum absolute atomic E-state index is 2.37. The third-order valence-electron chi connectivity index (χ3n) is 1.49. The molecular formula is C6H16P2Ru. The van der Waals surface area contributed by atoms with Crippen LogP contribution >= 0.6 is 15.8 Å². The quantitative estimate of drug-likeness (QED) is 0.523.